The number of nitriles is 2. The monoisotopic (exact) mass is 364 g/mol. The Kier molecular flexibility index (Phi) is 3.44. The van der Waals surface area contributed by atoms with Gasteiger partial charge in [-0.05, 0) is 94.5 Å². The SMILES string of the molecule is N#Cc1c(C#N)c2c(c3c1CCc1cc(O)ccc1-3)-c1ccc(O)cc1CC2. The summed E-state index contributed by atoms with van der Waals surface area (Å²) >= 11 is 0. The van der Waals surface area contributed by atoms with E-state index in [0.29, 0.717) is 24.0 Å². The molecule has 0 unspecified atom stereocenters. The van der Waals surface area contributed by atoms with Crippen LogP contribution in [-0.4, -0.2) is 10.2 Å². The van der Waals surface area contributed by atoms with E-state index in [1.165, 1.54) is 0 Å². The van der Waals surface area contributed by atoms with Gasteiger partial charge in [0.15, 0.2) is 0 Å². The summed E-state index contributed by atoms with van der Waals surface area (Å²) in [6.45, 7) is 0. The topological polar surface area (TPSA) is 88.0 Å². The Labute approximate surface area is 162 Å². The van der Waals surface area contributed by atoms with Gasteiger partial charge in [0.1, 0.15) is 23.6 Å². The summed E-state index contributed by atoms with van der Waals surface area (Å²) in [6, 6.07) is 15.3. The van der Waals surface area contributed by atoms with Crippen LogP contribution in [0.1, 0.15) is 33.4 Å². The summed E-state index contributed by atoms with van der Waals surface area (Å²) in [5, 5.41) is 39.6. The van der Waals surface area contributed by atoms with E-state index in [1.54, 1.807) is 24.3 Å². The number of nitrogens with zero attached hydrogens (tertiary/aromatic N) is 2. The van der Waals surface area contributed by atoms with Crippen molar-refractivity contribution in [2.24, 2.45) is 0 Å². The van der Waals surface area contributed by atoms with Crippen molar-refractivity contribution < 1.29 is 10.2 Å². The van der Waals surface area contributed by atoms with Crippen LogP contribution in [0.3, 0.4) is 0 Å². The maximum atomic E-state index is 9.92. The molecule has 0 saturated heterocycles. The summed E-state index contributed by atoms with van der Waals surface area (Å²) in [6.07, 6.45) is 2.75. The summed E-state index contributed by atoms with van der Waals surface area (Å²) in [5.74, 6) is 0.464. The molecule has 28 heavy (non-hydrogen) atoms. The highest BCUT2D eigenvalue weighted by Gasteiger charge is 2.31. The van der Waals surface area contributed by atoms with Gasteiger partial charge in [-0.3, -0.25) is 0 Å². The Morgan fingerprint density at radius 3 is 1.46 bits per heavy atom. The quantitative estimate of drug-likeness (QED) is 0.620. The predicted molar refractivity (Wildman–Crippen MR) is 105 cm³/mol. The van der Waals surface area contributed by atoms with Gasteiger partial charge in [0, 0.05) is 0 Å². The summed E-state index contributed by atoms with van der Waals surface area (Å²) in [7, 11) is 0. The van der Waals surface area contributed by atoms with E-state index in [1.807, 2.05) is 12.1 Å². The number of benzene rings is 3. The fraction of sp³-hybridized carbons (Fsp3) is 0.167. The van der Waals surface area contributed by atoms with E-state index in [9.17, 15) is 20.7 Å². The normalized spacial score (nSPS) is 13.4. The molecular weight excluding hydrogens is 348 g/mol. The van der Waals surface area contributed by atoms with Crippen LogP contribution in [-0.2, 0) is 25.7 Å². The van der Waals surface area contributed by atoms with Gasteiger partial charge in [-0.1, -0.05) is 12.1 Å². The third kappa shape index (κ3) is 2.15. The van der Waals surface area contributed by atoms with Crippen molar-refractivity contribution >= 4 is 0 Å². The van der Waals surface area contributed by atoms with Crippen molar-refractivity contribution in [3.05, 3.63) is 69.8 Å². The number of phenols is 2. The molecule has 0 fully saturated rings. The minimum atomic E-state index is 0.232. The molecule has 4 heteroatoms. The molecule has 0 amide bonds. The van der Waals surface area contributed by atoms with Crippen molar-refractivity contribution in [2.75, 3.05) is 0 Å². The van der Waals surface area contributed by atoms with E-state index in [4.69, 9.17) is 0 Å². The third-order valence-electron chi connectivity index (χ3n) is 5.94. The zero-order chi connectivity index (χ0) is 19.4. The zero-order valence-corrected chi connectivity index (χ0v) is 15.1. The molecule has 0 aliphatic heterocycles. The van der Waals surface area contributed by atoms with E-state index in [-0.39, 0.29) is 11.5 Å². The van der Waals surface area contributed by atoms with Gasteiger partial charge in [0.25, 0.3) is 0 Å². The second-order valence-corrected chi connectivity index (χ2v) is 7.36. The molecule has 3 aromatic rings. The van der Waals surface area contributed by atoms with Gasteiger partial charge in [-0.25, -0.2) is 0 Å². The number of hydrogen-bond acceptors (Lipinski definition) is 4. The molecule has 2 aliphatic rings. The highest BCUT2D eigenvalue weighted by Crippen LogP contribution is 2.49. The zero-order valence-electron chi connectivity index (χ0n) is 15.1. The maximum absolute atomic E-state index is 9.92. The van der Waals surface area contributed by atoms with Crippen LogP contribution < -0.4 is 0 Å². The Bertz CT molecular complexity index is 1160. The first-order valence-electron chi connectivity index (χ1n) is 9.28. The Morgan fingerprint density at radius 2 is 1.07 bits per heavy atom. The lowest BCUT2D eigenvalue weighted by molar-refractivity contribution is 0.474. The molecule has 0 heterocycles. The average Bonchev–Trinajstić information content (AvgIpc) is 2.71. The van der Waals surface area contributed by atoms with Crippen LogP contribution >= 0.6 is 0 Å². The number of phenolic OH excluding ortho intramolecular Hbond substituents is 2. The fourth-order valence-corrected chi connectivity index (χ4v) is 4.78. The van der Waals surface area contributed by atoms with Crippen LogP contribution in [0.5, 0.6) is 11.5 Å². The highest BCUT2D eigenvalue weighted by atomic mass is 16.3. The summed E-state index contributed by atoms with van der Waals surface area (Å²) in [5.41, 5.74) is 8.91. The Balaban J connectivity index is 1.96. The number of aromatic hydroxyl groups is 2. The van der Waals surface area contributed by atoms with Gasteiger partial charge in [0.05, 0.1) is 11.1 Å². The smallest absolute Gasteiger partial charge is 0.115 e. The first-order chi connectivity index (χ1) is 13.6. The van der Waals surface area contributed by atoms with Crippen molar-refractivity contribution in [3.8, 4) is 45.9 Å². The lowest BCUT2D eigenvalue weighted by Gasteiger charge is -2.30. The molecule has 3 aromatic carbocycles. The molecule has 134 valence electrons. The minimum Gasteiger partial charge on any atom is -0.508 e. The molecular formula is C24H16N2O2. The van der Waals surface area contributed by atoms with Crippen molar-refractivity contribution in [2.45, 2.75) is 25.7 Å². The maximum Gasteiger partial charge on any atom is 0.115 e. The third-order valence-corrected chi connectivity index (χ3v) is 5.94. The van der Waals surface area contributed by atoms with Crippen molar-refractivity contribution in [1.82, 2.24) is 0 Å². The lowest BCUT2D eigenvalue weighted by Crippen LogP contribution is -2.15. The highest BCUT2D eigenvalue weighted by molar-refractivity contribution is 5.95. The van der Waals surface area contributed by atoms with Gasteiger partial charge in [0.2, 0.25) is 0 Å². The second kappa shape index (κ2) is 5.87. The number of aryl methyl sites for hydroxylation is 2. The van der Waals surface area contributed by atoms with Gasteiger partial charge < -0.3 is 10.2 Å². The van der Waals surface area contributed by atoms with E-state index >= 15 is 0 Å². The average molecular weight is 364 g/mol. The Morgan fingerprint density at radius 1 is 0.643 bits per heavy atom. The van der Waals surface area contributed by atoms with E-state index in [2.05, 4.69) is 12.1 Å². The predicted octanol–water partition coefficient (Wildman–Crippen LogP) is 4.37. The number of fused-ring (bicyclic) bond motifs is 7. The molecule has 0 saturated carbocycles. The lowest BCUT2D eigenvalue weighted by atomic mass is 9.72. The van der Waals surface area contributed by atoms with Crippen LogP contribution in [0.4, 0.5) is 0 Å². The largest absolute Gasteiger partial charge is 0.508 e. The van der Waals surface area contributed by atoms with Crippen LogP contribution in [0.25, 0.3) is 22.3 Å². The molecule has 0 bridgehead atoms. The van der Waals surface area contributed by atoms with Gasteiger partial charge >= 0.3 is 0 Å². The van der Waals surface area contributed by atoms with Crippen molar-refractivity contribution in [3.63, 3.8) is 0 Å². The van der Waals surface area contributed by atoms with Gasteiger partial charge in [-0.15, -0.1) is 0 Å². The van der Waals surface area contributed by atoms with Gasteiger partial charge in [-0.2, -0.15) is 10.5 Å². The molecule has 5 rings (SSSR count). The standard InChI is InChI=1S/C24H16N2O2/c25-11-21-19-5-1-13-9-15(27)3-7-17(13)23(19)24-18-8-4-16(28)10-14(18)2-6-20(24)22(21)12-26/h3-4,7-10,27-28H,1-2,5-6H2. The molecule has 0 spiro atoms. The molecule has 0 radical (unpaired) electrons. The summed E-state index contributed by atoms with van der Waals surface area (Å²) in [4.78, 5) is 0. The number of rotatable bonds is 0. The fourth-order valence-electron chi connectivity index (χ4n) is 4.78. The summed E-state index contributed by atoms with van der Waals surface area (Å²) < 4.78 is 0. The van der Waals surface area contributed by atoms with Crippen LogP contribution in [0.2, 0.25) is 0 Å². The first kappa shape index (κ1) is 16.4. The van der Waals surface area contributed by atoms with Crippen LogP contribution in [0.15, 0.2) is 36.4 Å². The Hall–Kier alpha value is -3.76. The first-order valence-corrected chi connectivity index (χ1v) is 9.28. The second-order valence-electron chi connectivity index (χ2n) is 7.36. The van der Waals surface area contributed by atoms with E-state index in [0.717, 1.165) is 57.3 Å². The molecule has 2 aliphatic carbocycles. The molecule has 2 N–H and O–H groups in total. The minimum absolute atomic E-state index is 0.232. The van der Waals surface area contributed by atoms with E-state index < -0.39 is 0 Å². The van der Waals surface area contributed by atoms with Crippen LogP contribution in [0, 0.1) is 22.7 Å². The molecule has 4 nitrogen and oxygen atoms in total. The molecule has 0 aromatic heterocycles. The number of hydrogen-bond donors (Lipinski definition) is 2. The molecule has 0 atom stereocenters. The van der Waals surface area contributed by atoms with Crippen molar-refractivity contribution in [1.29, 1.82) is 10.5 Å².